The van der Waals surface area contributed by atoms with Crippen LogP contribution in [0, 0.1) is 11.3 Å². The molecule has 15 aromatic rings. The molecule has 0 aliphatic rings. The molecule has 0 aliphatic heterocycles. The third-order valence-corrected chi connectivity index (χ3v) is 14.6. The molecule has 0 saturated carbocycles. The van der Waals surface area contributed by atoms with Crippen LogP contribution in [0.5, 0.6) is 0 Å². The lowest BCUT2D eigenvalue weighted by Crippen LogP contribution is -1.93. The third-order valence-electron chi connectivity index (χ3n) is 14.6. The maximum absolute atomic E-state index is 10.1. The molecule has 0 amide bonds. The molecule has 0 fully saturated rings. The van der Waals surface area contributed by atoms with Crippen molar-refractivity contribution in [1.82, 2.24) is 4.57 Å². The number of hydrogen-bond acceptors (Lipinski definition) is 3. The van der Waals surface area contributed by atoms with Crippen molar-refractivity contribution < 1.29 is 8.83 Å². The second-order valence-electron chi connectivity index (χ2n) is 18.2. The molecule has 3 aromatic heterocycles. The Bertz CT molecular complexity index is 4660. The number of hydrogen-bond donors (Lipinski definition) is 0. The van der Waals surface area contributed by atoms with Gasteiger partial charge in [0.15, 0.2) is 0 Å². The fourth-order valence-electron chi connectivity index (χ4n) is 11.5. The van der Waals surface area contributed by atoms with Crippen LogP contribution in [-0.4, -0.2) is 4.57 Å². The second kappa shape index (κ2) is 14.3. The van der Waals surface area contributed by atoms with Gasteiger partial charge in [0.05, 0.1) is 22.7 Å². The van der Waals surface area contributed by atoms with Crippen LogP contribution in [0.15, 0.2) is 227 Å². The van der Waals surface area contributed by atoms with Crippen molar-refractivity contribution in [1.29, 1.82) is 5.26 Å². The minimum absolute atomic E-state index is 0.688. The molecule has 0 spiro atoms. The summed E-state index contributed by atoms with van der Waals surface area (Å²) in [7, 11) is 0. The van der Waals surface area contributed by atoms with Gasteiger partial charge in [-0.2, -0.15) is 5.26 Å². The van der Waals surface area contributed by atoms with Gasteiger partial charge in [-0.15, -0.1) is 0 Å². The van der Waals surface area contributed by atoms with Crippen LogP contribution in [0.25, 0.3) is 148 Å². The second-order valence-corrected chi connectivity index (χ2v) is 18.2. The highest BCUT2D eigenvalue weighted by Crippen LogP contribution is 2.48. The van der Waals surface area contributed by atoms with E-state index in [-0.39, 0.29) is 0 Å². The Kier molecular flexibility index (Phi) is 7.82. The summed E-state index contributed by atoms with van der Waals surface area (Å²) >= 11 is 0. The van der Waals surface area contributed by atoms with E-state index in [0.29, 0.717) is 5.56 Å². The van der Waals surface area contributed by atoms with E-state index in [4.69, 9.17) is 8.83 Å². The molecule has 3 heterocycles. The van der Waals surface area contributed by atoms with Crippen molar-refractivity contribution in [2.75, 3.05) is 0 Å². The van der Waals surface area contributed by atoms with Gasteiger partial charge in [-0.1, -0.05) is 146 Å². The van der Waals surface area contributed by atoms with Crippen LogP contribution in [0.2, 0.25) is 0 Å². The summed E-state index contributed by atoms with van der Waals surface area (Å²) in [6.07, 6.45) is 0. The molecule has 318 valence electrons. The number of nitrogens with zero attached hydrogens (tertiary/aromatic N) is 2. The SMILES string of the molecule is N#Cc1ccc2c3c1ccc1c(-c4ccc(-c5ccc6c(-c7ccc8oc9ccccc9c8c7)c7ccccc7c(-c7ccc8oc9ccccc9c8c7)c6c5)cc4)ccc(c13)n2-c1ccccc1. The molecule has 4 nitrogen and oxygen atoms in total. The average molecular weight is 877 g/mol. The van der Waals surface area contributed by atoms with E-state index in [1.54, 1.807) is 0 Å². The summed E-state index contributed by atoms with van der Waals surface area (Å²) < 4.78 is 15.0. The van der Waals surface area contributed by atoms with Crippen molar-refractivity contribution in [2.45, 2.75) is 0 Å². The number of fused-ring (bicyclic) bond motifs is 8. The highest BCUT2D eigenvalue weighted by molar-refractivity contribution is 6.28. The molecule has 69 heavy (non-hydrogen) atoms. The fourth-order valence-corrected chi connectivity index (χ4v) is 11.5. The van der Waals surface area contributed by atoms with Crippen LogP contribution >= 0.6 is 0 Å². The van der Waals surface area contributed by atoms with Crippen molar-refractivity contribution in [3.63, 3.8) is 0 Å². The zero-order chi connectivity index (χ0) is 45.3. The first kappa shape index (κ1) is 37.8. The van der Waals surface area contributed by atoms with Crippen LogP contribution in [0.1, 0.15) is 5.56 Å². The van der Waals surface area contributed by atoms with E-state index < -0.39 is 0 Å². The van der Waals surface area contributed by atoms with Gasteiger partial charge >= 0.3 is 0 Å². The van der Waals surface area contributed by atoms with E-state index in [0.717, 1.165) is 105 Å². The number of para-hydroxylation sites is 3. The van der Waals surface area contributed by atoms with Gasteiger partial charge < -0.3 is 13.4 Å². The van der Waals surface area contributed by atoms with E-state index in [2.05, 4.69) is 193 Å². The Labute approximate surface area is 395 Å². The molecular weight excluding hydrogens is 841 g/mol. The summed E-state index contributed by atoms with van der Waals surface area (Å²) in [5.41, 5.74) is 16.8. The van der Waals surface area contributed by atoms with E-state index in [1.165, 1.54) is 43.4 Å². The quantitative estimate of drug-likeness (QED) is 0.128. The Morgan fingerprint density at radius 1 is 0.319 bits per heavy atom. The molecule has 0 atom stereocenters. The van der Waals surface area contributed by atoms with Gasteiger partial charge in [-0.05, 0) is 144 Å². The standard InChI is InChI=1S/C65H36N2O2/c66-37-43-23-30-56-64-46(43)27-28-51-45(29-31-57(65(51)64)67(56)44-10-2-1-3-11-44)39-20-18-38(19-21-39)40-22-26-52-55(34-40)63(42-25-33-61-54(36-42)48-13-7-9-17-59(48)69-61)50-15-5-4-14-49(50)62(52)41-24-32-60-53(35-41)47-12-6-8-16-58(47)68-60/h1-36H. The maximum atomic E-state index is 10.1. The molecule has 0 radical (unpaired) electrons. The summed E-state index contributed by atoms with van der Waals surface area (Å²) in [5, 5.41) is 23.8. The van der Waals surface area contributed by atoms with E-state index >= 15 is 0 Å². The van der Waals surface area contributed by atoms with Gasteiger partial charge in [0.25, 0.3) is 0 Å². The van der Waals surface area contributed by atoms with Crippen molar-refractivity contribution in [2.24, 2.45) is 0 Å². The Morgan fingerprint density at radius 2 is 0.783 bits per heavy atom. The molecular formula is C65H36N2O2. The van der Waals surface area contributed by atoms with Crippen molar-refractivity contribution in [3.8, 4) is 56.3 Å². The predicted molar refractivity (Wildman–Crippen MR) is 286 cm³/mol. The van der Waals surface area contributed by atoms with Crippen LogP contribution in [0.3, 0.4) is 0 Å². The van der Waals surface area contributed by atoms with Crippen molar-refractivity contribution in [3.05, 3.63) is 224 Å². The molecule has 0 aliphatic carbocycles. The number of benzene rings is 12. The fraction of sp³-hybridized carbons (Fsp3) is 0. The van der Waals surface area contributed by atoms with Crippen molar-refractivity contribution >= 4 is 98.0 Å². The van der Waals surface area contributed by atoms with Gasteiger partial charge in [0.2, 0.25) is 0 Å². The van der Waals surface area contributed by atoms with Crippen LogP contribution < -0.4 is 0 Å². The first-order chi connectivity index (χ1) is 34.2. The summed E-state index contributed by atoms with van der Waals surface area (Å²) in [5.74, 6) is 0. The van der Waals surface area contributed by atoms with Gasteiger partial charge in [0.1, 0.15) is 22.3 Å². The topological polar surface area (TPSA) is 55.0 Å². The first-order valence-corrected chi connectivity index (χ1v) is 23.4. The number of aromatic nitrogens is 1. The lowest BCUT2D eigenvalue weighted by atomic mass is 9.84. The minimum atomic E-state index is 0.688. The first-order valence-electron chi connectivity index (χ1n) is 23.4. The monoisotopic (exact) mass is 876 g/mol. The van der Waals surface area contributed by atoms with Crippen LogP contribution in [0.4, 0.5) is 0 Å². The lowest BCUT2D eigenvalue weighted by molar-refractivity contribution is 0.668. The highest BCUT2D eigenvalue weighted by Gasteiger charge is 2.22. The summed E-state index contributed by atoms with van der Waals surface area (Å²) in [6.45, 7) is 0. The zero-order valence-corrected chi connectivity index (χ0v) is 37.0. The summed E-state index contributed by atoms with van der Waals surface area (Å²) in [4.78, 5) is 0. The summed E-state index contributed by atoms with van der Waals surface area (Å²) in [6, 6.07) is 80.6. The highest BCUT2D eigenvalue weighted by atomic mass is 16.3. The molecule has 0 N–H and O–H groups in total. The minimum Gasteiger partial charge on any atom is -0.456 e. The molecule has 0 saturated heterocycles. The smallest absolute Gasteiger partial charge is 0.135 e. The largest absolute Gasteiger partial charge is 0.456 e. The Hall–Kier alpha value is -9.43. The predicted octanol–water partition coefficient (Wildman–Crippen LogP) is 18.0. The molecule has 0 bridgehead atoms. The van der Waals surface area contributed by atoms with E-state index in [9.17, 15) is 5.26 Å². The molecule has 4 heteroatoms. The van der Waals surface area contributed by atoms with E-state index in [1.807, 2.05) is 36.4 Å². The Morgan fingerprint density at radius 3 is 1.43 bits per heavy atom. The molecule has 12 aromatic carbocycles. The zero-order valence-electron chi connectivity index (χ0n) is 37.0. The molecule has 15 rings (SSSR count). The van der Waals surface area contributed by atoms with Crippen LogP contribution in [-0.2, 0) is 0 Å². The third kappa shape index (κ3) is 5.44. The average Bonchev–Trinajstić information content (AvgIpc) is 4.09. The number of nitriles is 1. The van der Waals surface area contributed by atoms with Gasteiger partial charge in [0, 0.05) is 43.4 Å². The van der Waals surface area contributed by atoms with Gasteiger partial charge in [-0.3, -0.25) is 0 Å². The van der Waals surface area contributed by atoms with Gasteiger partial charge in [-0.25, -0.2) is 0 Å². The normalized spacial score (nSPS) is 12.0. The number of rotatable bonds is 5. The Balaban J connectivity index is 0.930. The lowest BCUT2D eigenvalue weighted by Gasteiger charge is -2.19. The number of furan rings is 2. The molecule has 0 unspecified atom stereocenters. The maximum Gasteiger partial charge on any atom is 0.135 e.